The van der Waals surface area contributed by atoms with E-state index in [1.54, 1.807) is 0 Å². The molecule has 0 aromatic rings. The van der Waals surface area contributed by atoms with Crippen LogP contribution >= 0.6 is 0 Å². The summed E-state index contributed by atoms with van der Waals surface area (Å²) in [6.45, 7) is 4.36. The Bertz CT molecular complexity index is 299. The van der Waals surface area contributed by atoms with Crippen molar-refractivity contribution in [2.24, 2.45) is 28.6 Å². The lowest BCUT2D eigenvalue weighted by atomic mass is 9.11. The van der Waals surface area contributed by atoms with Crippen molar-refractivity contribution in [1.29, 1.82) is 0 Å². The van der Waals surface area contributed by atoms with Gasteiger partial charge in [-0.15, -0.1) is 0 Å². The van der Waals surface area contributed by atoms with E-state index in [1.807, 2.05) is 0 Å². The van der Waals surface area contributed by atoms with Crippen LogP contribution in [-0.2, 0) is 0 Å². The highest BCUT2D eigenvalue weighted by Gasteiger charge is 2.90. The van der Waals surface area contributed by atoms with Crippen LogP contribution in [0.5, 0.6) is 0 Å². The maximum Gasteiger partial charge on any atom is 0.0704 e. The van der Waals surface area contributed by atoms with E-state index in [9.17, 15) is 5.11 Å². The minimum atomic E-state index is -0.320. The molecule has 15 heavy (non-hydrogen) atoms. The van der Waals surface area contributed by atoms with E-state index in [1.165, 1.54) is 25.7 Å². The van der Waals surface area contributed by atoms with Gasteiger partial charge in [0.15, 0.2) is 0 Å². The van der Waals surface area contributed by atoms with E-state index in [-0.39, 0.29) is 5.60 Å². The Morgan fingerprint density at radius 2 is 1.60 bits per heavy atom. The van der Waals surface area contributed by atoms with E-state index < -0.39 is 0 Å². The summed E-state index contributed by atoms with van der Waals surface area (Å²) in [7, 11) is 0. The second kappa shape index (κ2) is 2.16. The molecule has 1 nitrogen and oxygen atoms in total. The van der Waals surface area contributed by atoms with Gasteiger partial charge in [-0.1, -0.05) is 13.8 Å². The lowest BCUT2D eigenvalue weighted by Gasteiger charge is -2.93. The maximum atomic E-state index is 10.9. The van der Waals surface area contributed by atoms with Gasteiger partial charge in [0.05, 0.1) is 5.60 Å². The minimum absolute atomic E-state index is 0.320. The molecule has 1 spiro atoms. The number of hydrogen-bond donors (Lipinski definition) is 1. The molecule has 84 valence electrons. The van der Waals surface area contributed by atoms with Gasteiger partial charge in [0.25, 0.3) is 0 Å². The van der Waals surface area contributed by atoms with E-state index in [4.69, 9.17) is 0 Å². The van der Waals surface area contributed by atoms with Gasteiger partial charge in [0.2, 0.25) is 0 Å². The molecular formula is C14H22O. The van der Waals surface area contributed by atoms with E-state index in [0.29, 0.717) is 10.8 Å². The molecular weight excluding hydrogens is 184 g/mol. The predicted octanol–water partition coefficient (Wildman–Crippen LogP) is 2.97. The fraction of sp³-hybridized carbons (Fsp3) is 1.00. The van der Waals surface area contributed by atoms with E-state index in [0.717, 1.165) is 30.6 Å². The van der Waals surface area contributed by atoms with Crippen molar-refractivity contribution in [2.45, 2.75) is 58.0 Å². The minimum Gasteiger partial charge on any atom is -0.389 e. The van der Waals surface area contributed by atoms with Crippen LogP contribution in [0, 0.1) is 28.6 Å². The van der Waals surface area contributed by atoms with Gasteiger partial charge in [0.1, 0.15) is 0 Å². The third-order valence-corrected chi connectivity index (χ3v) is 7.24. The largest absolute Gasteiger partial charge is 0.389 e. The second-order valence-corrected chi connectivity index (χ2v) is 6.72. The molecule has 0 heterocycles. The quantitative estimate of drug-likeness (QED) is 0.752. The van der Waals surface area contributed by atoms with Crippen molar-refractivity contribution in [3.8, 4) is 0 Å². The normalized spacial score (nSPS) is 59.0. The van der Waals surface area contributed by atoms with Crippen molar-refractivity contribution >= 4 is 0 Å². The third-order valence-electron chi connectivity index (χ3n) is 7.24. The molecule has 0 aromatic heterocycles. The summed E-state index contributed by atoms with van der Waals surface area (Å²) in [5.74, 6) is 3.08. The molecule has 4 aliphatic carbocycles. The molecule has 4 rings (SSSR count). The predicted molar refractivity (Wildman–Crippen MR) is 59.3 cm³/mol. The number of rotatable bonds is 3. The van der Waals surface area contributed by atoms with Gasteiger partial charge in [0, 0.05) is 5.41 Å². The summed E-state index contributed by atoms with van der Waals surface area (Å²) < 4.78 is 0. The Balaban J connectivity index is 1.73. The highest BCUT2D eigenvalue weighted by molar-refractivity contribution is 5.38. The fourth-order valence-corrected chi connectivity index (χ4v) is 6.64. The van der Waals surface area contributed by atoms with Crippen LogP contribution in [0.4, 0.5) is 0 Å². The first-order valence-electron chi connectivity index (χ1n) is 6.87. The highest BCUT2D eigenvalue weighted by atomic mass is 16.3. The Morgan fingerprint density at radius 3 is 1.93 bits per heavy atom. The van der Waals surface area contributed by atoms with Crippen LogP contribution in [0.1, 0.15) is 52.4 Å². The standard InChI is InChI=1S/C14H22O/c1-3-13(15,4-2)12-7-10-5-9-6-11(8-12)14(9,10)12/h9-11,15H,3-8H2,1-2H3. The molecule has 0 amide bonds. The van der Waals surface area contributed by atoms with Crippen LogP contribution in [0.3, 0.4) is 0 Å². The smallest absolute Gasteiger partial charge is 0.0704 e. The highest BCUT2D eigenvalue weighted by Crippen LogP contribution is 2.95. The first-order chi connectivity index (χ1) is 7.14. The molecule has 2 atom stereocenters. The zero-order valence-electron chi connectivity index (χ0n) is 9.92. The lowest BCUT2D eigenvalue weighted by Crippen LogP contribution is -2.89. The average Bonchev–Trinajstić information content (AvgIpc) is 2.12. The van der Waals surface area contributed by atoms with Crippen LogP contribution in [-0.4, -0.2) is 10.7 Å². The zero-order chi connectivity index (χ0) is 10.5. The van der Waals surface area contributed by atoms with Gasteiger partial charge in [-0.25, -0.2) is 0 Å². The van der Waals surface area contributed by atoms with Crippen LogP contribution in [0.15, 0.2) is 0 Å². The SMILES string of the molecule is CCC(O)(CC)C12CC3CC4CC(C1)C432. The van der Waals surface area contributed by atoms with Crippen molar-refractivity contribution in [3.05, 3.63) is 0 Å². The summed E-state index contributed by atoms with van der Waals surface area (Å²) in [6, 6.07) is 0. The third kappa shape index (κ3) is 0.555. The van der Waals surface area contributed by atoms with Crippen molar-refractivity contribution in [3.63, 3.8) is 0 Å². The Kier molecular flexibility index (Phi) is 1.30. The van der Waals surface area contributed by atoms with Gasteiger partial charge in [-0.2, -0.15) is 0 Å². The Morgan fingerprint density at radius 1 is 1.07 bits per heavy atom. The van der Waals surface area contributed by atoms with Gasteiger partial charge >= 0.3 is 0 Å². The van der Waals surface area contributed by atoms with Gasteiger partial charge < -0.3 is 5.11 Å². The molecule has 0 radical (unpaired) electrons. The van der Waals surface area contributed by atoms with E-state index in [2.05, 4.69) is 13.8 Å². The molecule has 4 fully saturated rings. The van der Waals surface area contributed by atoms with Crippen LogP contribution in [0.2, 0.25) is 0 Å². The van der Waals surface area contributed by atoms with Crippen molar-refractivity contribution in [1.82, 2.24) is 0 Å². The van der Waals surface area contributed by atoms with Gasteiger partial charge in [-0.3, -0.25) is 0 Å². The monoisotopic (exact) mass is 206 g/mol. The van der Waals surface area contributed by atoms with Crippen LogP contribution in [0.25, 0.3) is 0 Å². The Hall–Kier alpha value is -0.0400. The first kappa shape index (κ1) is 9.04. The fourth-order valence-electron chi connectivity index (χ4n) is 6.64. The summed E-state index contributed by atoms with van der Waals surface area (Å²) in [5, 5.41) is 10.9. The molecule has 4 aliphatic rings. The van der Waals surface area contributed by atoms with E-state index >= 15 is 0 Å². The lowest BCUT2D eigenvalue weighted by molar-refractivity contribution is -0.470. The number of aliphatic hydroxyl groups is 1. The summed E-state index contributed by atoms with van der Waals surface area (Å²) in [6.07, 6.45) is 7.66. The summed E-state index contributed by atoms with van der Waals surface area (Å²) in [4.78, 5) is 0. The molecule has 0 saturated heterocycles. The number of hydrogen-bond acceptors (Lipinski definition) is 1. The molecule has 4 saturated carbocycles. The topological polar surface area (TPSA) is 20.2 Å². The summed E-state index contributed by atoms with van der Waals surface area (Å²) >= 11 is 0. The molecule has 0 bridgehead atoms. The second-order valence-electron chi connectivity index (χ2n) is 6.72. The van der Waals surface area contributed by atoms with Gasteiger partial charge in [-0.05, 0) is 61.7 Å². The molecule has 0 aromatic carbocycles. The van der Waals surface area contributed by atoms with Crippen LogP contribution < -0.4 is 0 Å². The molecule has 1 heteroatoms. The molecule has 1 N–H and O–H groups in total. The zero-order valence-corrected chi connectivity index (χ0v) is 9.92. The molecule has 0 aliphatic heterocycles. The maximum absolute atomic E-state index is 10.9. The summed E-state index contributed by atoms with van der Waals surface area (Å²) in [5.41, 5.74) is 0.757. The van der Waals surface area contributed by atoms with Crippen molar-refractivity contribution < 1.29 is 5.11 Å². The van der Waals surface area contributed by atoms with Crippen molar-refractivity contribution in [2.75, 3.05) is 0 Å². The Labute approximate surface area is 92.3 Å². The first-order valence-corrected chi connectivity index (χ1v) is 6.87. The molecule has 2 unspecified atom stereocenters. The average molecular weight is 206 g/mol.